The van der Waals surface area contributed by atoms with Gasteiger partial charge in [-0.15, -0.1) is 0 Å². The van der Waals surface area contributed by atoms with Gasteiger partial charge in [0, 0.05) is 16.8 Å². The zero-order valence-corrected chi connectivity index (χ0v) is 16.2. The van der Waals surface area contributed by atoms with Gasteiger partial charge in [-0.2, -0.15) is 5.10 Å². The van der Waals surface area contributed by atoms with Crippen molar-refractivity contribution in [2.75, 3.05) is 26.6 Å². The first-order valence-corrected chi connectivity index (χ1v) is 8.79. The number of methoxy groups -OCH3 is 3. The van der Waals surface area contributed by atoms with E-state index in [0.29, 0.717) is 17.2 Å². The third kappa shape index (κ3) is 2.77. The lowest BCUT2D eigenvalue weighted by atomic mass is 10.0. The number of benzene rings is 2. The van der Waals surface area contributed by atoms with E-state index in [9.17, 15) is 0 Å². The maximum atomic E-state index is 5.53. The summed E-state index contributed by atoms with van der Waals surface area (Å²) in [4.78, 5) is 0. The predicted octanol–water partition coefficient (Wildman–Crippen LogP) is 4.17. The van der Waals surface area contributed by atoms with E-state index in [1.165, 1.54) is 5.56 Å². The van der Waals surface area contributed by atoms with Crippen molar-refractivity contribution >= 4 is 5.69 Å². The van der Waals surface area contributed by atoms with Gasteiger partial charge in [0.15, 0.2) is 11.5 Å². The molecule has 4 rings (SSSR count). The topological polar surface area (TPSA) is 57.5 Å². The lowest BCUT2D eigenvalue weighted by molar-refractivity contribution is 0.323. The summed E-state index contributed by atoms with van der Waals surface area (Å²) in [5, 5.41) is 8.33. The quantitative estimate of drug-likeness (QED) is 0.752. The number of aromatic nitrogens is 2. The second-order valence-corrected chi connectivity index (χ2v) is 6.67. The first kappa shape index (κ1) is 17.3. The van der Waals surface area contributed by atoms with Crippen molar-refractivity contribution in [3.8, 4) is 28.5 Å². The van der Waals surface area contributed by atoms with E-state index in [4.69, 9.17) is 19.3 Å². The molecule has 0 saturated carbocycles. The number of nitrogens with zero attached hydrogens (tertiary/aromatic N) is 2. The van der Waals surface area contributed by atoms with Gasteiger partial charge in [-0.05, 0) is 44.2 Å². The molecular formula is C21H23N3O3. The van der Waals surface area contributed by atoms with Crippen LogP contribution in [-0.2, 0) is 0 Å². The first-order valence-electron chi connectivity index (χ1n) is 8.79. The third-order valence-electron chi connectivity index (χ3n) is 4.85. The average Bonchev–Trinajstić information content (AvgIpc) is 3.07. The Morgan fingerprint density at radius 2 is 1.63 bits per heavy atom. The van der Waals surface area contributed by atoms with E-state index in [1.807, 2.05) is 23.7 Å². The van der Waals surface area contributed by atoms with Crippen LogP contribution in [0, 0.1) is 13.8 Å². The van der Waals surface area contributed by atoms with E-state index in [1.54, 1.807) is 21.3 Å². The van der Waals surface area contributed by atoms with Crippen LogP contribution in [0.5, 0.6) is 17.2 Å². The van der Waals surface area contributed by atoms with Gasteiger partial charge in [-0.25, -0.2) is 4.68 Å². The molecule has 3 aromatic rings. The highest BCUT2D eigenvalue weighted by molar-refractivity contribution is 5.79. The zero-order valence-electron chi connectivity index (χ0n) is 16.2. The second-order valence-electron chi connectivity index (χ2n) is 6.67. The van der Waals surface area contributed by atoms with Crippen molar-refractivity contribution in [3.05, 3.63) is 53.2 Å². The summed E-state index contributed by atoms with van der Waals surface area (Å²) in [6, 6.07) is 12.4. The first-order chi connectivity index (χ1) is 13.0. The van der Waals surface area contributed by atoms with Gasteiger partial charge in [0.2, 0.25) is 5.75 Å². The lowest BCUT2D eigenvalue weighted by Crippen LogP contribution is -2.25. The van der Waals surface area contributed by atoms with Crippen molar-refractivity contribution in [1.29, 1.82) is 0 Å². The van der Waals surface area contributed by atoms with Crippen molar-refractivity contribution in [2.45, 2.75) is 20.0 Å². The zero-order chi connectivity index (χ0) is 19.1. The summed E-state index contributed by atoms with van der Waals surface area (Å²) in [5.74, 6) is 1.81. The minimum Gasteiger partial charge on any atom is -0.493 e. The highest BCUT2D eigenvalue weighted by Crippen LogP contribution is 2.44. The summed E-state index contributed by atoms with van der Waals surface area (Å²) in [5.41, 5.74) is 6.47. The molecule has 0 bridgehead atoms. The molecule has 140 valence electrons. The van der Waals surface area contributed by atoms with Gasteiger partial charge < -0.3 is 19.5 Å². The van der Waals surface area contributed by atoms with Crippen molar-refractivity contribution in [1.82, 2.24) is 9.78 Å². The van der Waals surface area contributed by atoms with Crippen LogP contribution in [0.15, 0.2) is 36.4 Å². The Morgan fingerprint density at radius 1 is 0.926 bits per heavy atom. The maximum Gasteiger partial charge on any atom is 0.203 e. The van der Waals surface area contributed by atoms with Gasteiger partial charge >= 0.3 is 0 Å². The fraction of sp³-hybridized carbons (Fsp3) is 0.286. The monoisotopic (exact) mass is 365 g/mol. The Morgan fingerprint density at radius 3 is 2.26 bits per heavy atom. The van der Waals surface area contributed by atoms with Crippen molar-refractivity contribution in [2.24, 2.45) is 0 Å². The maximum absolute atomic E-state index is 5.53. The molecule has 0 unspecified atom stereocenters. The van der Waals surface area contributed by atoms with E-state index in [-0.39, 0.29) is 6.17 Å². The molecule has 27 heavy (non-hydrogen) atoms. The molecule has 0 fully saturated rings. The molecule has 0 spiro atoms. The van der Waals surface area contributed by atoms with E-state index in [0.717, 1.165) is 28.2 Å². The molecule has 2 aromatic carbocycles. The second kappa shape index (κ2) is 6.54. The number of fused-ring (bicyclic) bond motifs is 3. The van der Waals surface area contributed by atoms with Crippen LogP contribution in [0.1, 0.15) is 23.0 Å². The van der Waals surface area contributed by atoms with Gasteiger partial charge in [0.25, 0.3) is 0 Å². The van der Waals surface area contributed by atoms with Gasteiger partial charge in [-0.3, -0.25) is 0 Å². The van der Waals surface area contributed by atoms with Crippen molar-refractivity contribution in [3.63, 3.8) is 0 Å². The molecule has 1 N–H and O–H groups in total. The molecule has 0 saturated heterocycles. The summed E-state index contributed by atoms with van der Waals surface area (Å²) in [6.07, 6.45) is -0.183. The number of aryl methyl sites for hydroxylation is 2. The van der Waals surface area contributed by atoms with Crippen LogP contribution >= 0.6 is 0 Å². The van der Waals surface area contributed by atoms with Crippen LogP contribution in [0.3, 0.4) is 0 Å². The molecule has 0 radical (unpaired) electrons. The summed E-state index contributed by atoms with van der Waals surface area (Å²) in [6.45, 7) is 4.10. The number of hydrogen-bond donors (Lipinski definition) is 1. The molecule has 0 amide bonds. The molecular weight excluding hydrogens is 342 g/mol. The predicted molar refractivity (Wildman–Crippen MR) is 105 cm³/mol. The van der Waals surface area contributed by atoms with Crippen LogP contribution < -0.4 is 19.5 Å². The number of ether oxygens (including phenoxy) is 3. The van der Waals surface area contributed by atoms with Crippen LogP contribution in [0.25, 0.3) is 11.3 Å². The Bertz CT molecular complexity index is 985. The SMILES string of the molecule is COc1cc([C@H]2Nc3ccc(C)cc3-c3cc(C)nn32)cc(OC)c1OC. The Labute approximate surface area is 158 Å². The van der Waals surface area contributed by atoms with Gasteiger partial charge in [0.1, 0.15) is 6.17 Å². The fourth-order valence-corrected chi connectivity index (χ4v) is 3.60. The number of rotatable bonds is 4. The van der Waals surface area contributed by atoms with E-state index in [2.05, 4.69) is 36.5 Å². The third-order valence-corrected chi connectivity index (χ3v) is 4.85. The normalized spacial score (nSPS) is 14.8. The number of hydrogen-bond acceptors (Lipinski definition) is 5. The molecule has 1 aliphatic rings. The summed E-state index contributed by atoms with van der Waals surface area (Å²) < 4.78 is 18.5. The van der Waals surface area contributed by atoms with E-state index < -0.39 is 0 Å². The van der Waals surface area contributed by atoms with Crippen LogP contribution in [0.2, 0.25) is 0 Å². The minimum atomic E-state index is -0.183. The Hall–Kier alpha value is -3.15. The number of anilines is 1. The largest absolute Gasteiger partial charge is 0.493 e. The van der Waals surface area contributed by atoms with Gasteiger partial charge in [0.05, 0.1) is 32.7 Å². The number of nitrogens with one attached hydrogen (secondary N) is 1. The molecule has 1 atom stereocenters. The standard InChI is InChI=1S/C21H23N3O3/c1-12-6-7-16-15(8-12)17-9-13(2)23-24(17)21(22-16)14-10-18(25-3)20(27-5)19(11-14)26-4/h6-11,21-22H,1-5H3/t21-/m0/s1. The lowest BCUT2D eigenvalue weighted by Gasteiger charge is -2.30. The smallest absolute Gasteiger partial charge is 0.203 e. The Kier molecular flexibility index (Phi) is 4.18. The van der Waals surface area contributed by atoms with E-state index >= 15 is 0 Å². The Balaban J connectivity index is 1.89. The van der Waals surface area contributed by atoms with Gasteiger partial charge in [-0.1, -0.05) is 11.6 Å². The minimum absolute atomic E-state index is 0.183. The summed E-state index contributed by atoms with van der Waals surface area (Å²) >= 11 is 0. The molecule has 0 aliphatic carbocycles. The van der Waals surface area contributed by atoms with Crippen LogP contribution in [0.4, 0.5) is 5.69 Å². The average molecular weight is 365 g/mol. The molecule has 6 heteroatoms. The highest BCUT2D eigenvalue weighted by Gasteiger charge is 2.28. The molecule has 6 nitrogen and oxygen atoms in total. The molecule has 1 aliphatic heterocycles. The fourth-order valence-electron chi connectivity index (χ4n) is 3.60. The highest BCUT2D eigenvalue weighted by atomic mass is 16.5. The summed E-state index contributed by atoms with van der Waals surface area (Å²) in [7, 11) is 4.85. The molecule has 1 aromatic heterocycles. The molecule has 2 heterocycles. The van der Waals surface area contributed by atoms with Crippen LogP contribution in [-0.4, -0.2) is 31.1 Å². The van der Waals surface area contributed by atoms with Crippen molar-refractivity contribution < 1.29 is 14.2 Å².